The number of likely N-dealkylation sites (tertiary alicyclic amines) is 1. The van der Waals surface area contributed by atoms with Gasteiger partial charge >= 0.3 is 6.09 Å². The Balaban J connectivity index is 1.28. The molecule has 2 bridgehead atoms. The van der Waals surface area contributed by atoms with Crippen molar-refractivity contribution in [1.82, 2.24) is 14.8 Å². The van der Waals surface area contributed by atoms with E-state index in [1.165, 1.54) is 5.56 Å². The number of piperazine rings is 1. The molecule has 2 aliphatic heterocycles. The number of carbonyl (C=O) groups excluding carboxylic acids is 1. The highest BCUT2D eigenvalue weighted by molar-refractivity contribution is 9.10. The number of benzene rings is 2. The molecule has 2 unspecified atom stereocenters. The predicted octanol–water partition coefficient (Wildman–Crippen LogP) is 5.54. The summed E-state index contributed by atoms with van der Waals surface area (Å²) in [4.78, 5) is 32.7. The second-order valence-corrected chi connectivity index (χ2v) is 11.2. The molecule has 0 saturated carbocycles. The fourth-order valence-corrected chi connectivity index (χ4v) is 5.67. The highest BCUT2D eigenvalue weighted by Gasteiger charge is 2.44. The maximum absolute atomic E-state index is 12.7. The molecule has 34 heavy (non-hydrogen) atoms. The van der Waals surface area contributed by atoms with Crippen LogP contribution in [0.3, 0.4) is 0 Å². The van der Waals surface area contributed by atoms with E-state index in [2.05, 4.69) is 50.1 Å². The quantitative estimate of drug-likeness (QED) is 0.489. The van der Waals surface area contributed by atoms with Crippen molar-refractivity contribution in [2.45, 2.75) is 57.8 Å². The van der Waals surface area contributed by atoms with Crippen LogP contribution in [-0.4, -0.2) is 51.7 Å². The molecule has 0 radical (unpaired) electrons. The zero-order valence-corrected chi connectivity index (χ0v) is 21.4. The third-order valence-electron chi connectivity index (χ3n) is 6.67. The second kappa shape index (κ2) is 8.86. The Morgan fingerprint density at radius 2 is 1.74 bits per heavy atom. The van der Waals surface area contributed by atoms with Crippen molar-refractivity contribution >= 4 is 32.8 Å². The zero-order valence-electron chi connectivity index (χ0n) is 19.8. The molecule has 3 aromatic rings. The maximum atomic E-state index is 12.7. The van der Waals surface area contributed by atoms with E-state index in [9.17, 15) is 9.59 Å². The van der Waals surface area contributed by atoms with E-state index < -0.39 is 5.60 Å². The molecule has 178 valence electrons. The van der Waals surface area contributed by atoms with Crippen LogP contribution in [0.1, 0.15) is 39.2 Å². The molecule has 2 fully saturated rings. The largest absolute Gasteiger partial charge is 0.444 e. The summed E-state index contributed by atoms with van der Waals surface area (Å²) in [7, 11) is 0. The Morgan fingerprint density at radius 1 is 1.06 bits per heavy atom. The molecular weight excluding hydrogens is 494 g/mol. The SMILES string of the molecule is CC(C)(C)OC(=O)N1C2CCC1CN(Cc1ccc(-c3cc4c(Br)cccc4c(=O)[nH]3)cc1)C2. The lowest BCUT2D eigenvalue weighted by Gasteiger charge is -2.41. The molecule has 1 amide bonds. The van der Waals surface area contributed by atoms with Crippen molar-refractivity contribution in [3.63, 3.8) is 0 Å². The topological polar surface area (TPSA) is 65.6 Å². The van der Waals surface area contributed by atoms with Gasteiger partial charge in [0.15, 0.2) is 0 Å². The van der Waals surface area contributed by atoms with Gasteiger partial charge in [0.1, 0.15) is 5.60 Å². The molecule has 2 atom stereocenters. The highest BCUT2D eigenvalue weighted by Crippen LogP contribution is 2.32. The van der Waals surface area contributed by atoms with E-state index in [0.717, 1.165) is 53.6 Å². The number of fused-ring (bicyclic) bond motifs is 3. The maximum Gasteiger partial charge on any atom is 0.410 e. The summed E-state index contributed by atoms with van der Waals surface area (Å²) in [6.07, 6.45) is 1.88. The number of aromatic nitrogens is 1. The van der Waals surface area contributed by atoms with Crippen LogP contribution < -0.4 is 5.56 Å². The Kier molecular flexibility index (Phi) is 6.02. The third-order valence-corrected chi connectivity index (χ3v) is 7.36. The molecule has 0 aliphatic carbocycles. The number of nitrogens with zero attached hydrogens (tertiary/aromatic N) is 2. The molecule has 2 aromatic carbocycles. The van der Waals surface area contributed by atoms with E-state index >= 15 is 0 Å². The summed E-state index contributed by atoms with van der Waals surface area (Å²) in [5, 5.41) is 1.58. The van der Waals surface area contributed by atoms with E-state index in [1.807, 2.05) is 49.9 Å². The number of aromatic amines is 1. The number of hydrogen-bond donors (Lipinski definition) is 1. The molecule has 2 aliphatic rings. The number of amides is 1. The molecule has 3 heterocycles. The van der Waals surface area contributed by atoms with E-state index in [-0.39, 0.29) is 23.7 Å². The van der Waals surface area contributed by atoms with E-state index in [4.69, 9.17) is 4.74 Å². The molecule has 2 saturated heterocycles. The van der Waals surface area contributed by atoms with Crippen molar-refractivity contribution in [3.05, 3.63) is 68.9 Å². The minimum Gasteiger partial charge on any atom is -0.444 e. The van der Waals surface area contributed by atoms with Crippen molar-refractivity contribution < 1.29 is 9.53 Å². The molecule has 1 aromatic heterocycles. The van der Waals surface area contributed by atoms with Crippen molar-refractivity contribution in [3.8, 4) is 11.3 Å². The molecule has 7 heteroatoms. The average molecular weight is 524 g/mol. The van der Waals surface area contributed by atoms with Gasteiger partial charge in [-0.1, -0.05) is 46.3 Å². The summed E-state index contributed by atoms with van der Waals surface area (Å²) in [6.45, 7) is 8.32. The third kappa shape index (κ3) is 4.64. The minimum atomic E-state index is -0.471. The number of halogens is 1. The monoisotopic (exact) mass is 523 g/mol. The van der Waals surface area contributed by atoms with Gasteiger partial charge in [0, 0.05) is 52.7 Å². The summed E-state index contributed by atoms with van der Waals surface area (Å²) in [5.41, 5.74) is 2.45. The van der Waals surface area contributed by atoms with Gasteiger partial charge in [-0.15, -0.1) is 0 Å². The number of carbonyl (C=O) groups is 1. The Bertz CT molecular complexity index is 1270. The van der Waals surface area contributed by atoms with Crippen LogP contribution in [0, 0.1) is 0 Å². The standard InChI is InChI=1S/C27H30BrN3O3/c1-27(2,3)34-26(33)31-19-11-12-20(31)16-30(15-19)14-17-7-9-18(10-8-17)24-13-22-21(25(32)29-24)5-4-6-23(22)28/h4-10,13,19-20H,11-12,14-16H2,1-3H3,(H,29,32). The summed E-state index contributed by atoms with van der Waals surface area (Å²) >= 11 is 3.56. The Morgan fingerprint density at radius 3 is 2.38 bits per heavy atom. The number of hydrogen-bond acceptors (Lipinski definition) is 4. The Hall–Kier alpha value is -2.64. The number of ether oxygens (including phenoxy) is 1. The molecule has 5 rings (SSSR count). The fraction of sp³-hybridized carbons (Fsp3) is 0.407. The summed E-state index contributed by atoms with van der Waals surface area (Å²) in [5.74, 6) is 0. The van der Waals surface area contributed by atoms with Crippen LogP contribution in [0.2, 0.25) is 0 Å². The number of H-pyrrole nitrogens is 1. The first-order chi connectivity index (χ1) is 16.2. The van der Waals surface area contributed by atoms with Crippen LogP contribution in [0.4, 0.5) is 4.79 Å². The highest BCUT2D eigenvalue weighted by atomic mass is 79.9. The smallest absolute Gasteiger partial charge is 0.410 e. The van der Waals surface area contributed by atoms with Crippen LogP contribution in [0.25, 0.3) is 22.0 Å². The predicted molar refractivity (Wildman–Crippen MR) is 138 cm³/mol. The van der Waals surface area contributed by atoms with Crippen LogP contribution in [-0.2, 0) is 11.3 Å². The zero-order chi connectivity index (χ0) is 24.0. The number of rotatable bonds is 3. The van der Waals surface area contributed by atoms with Crippen LogP contribution in [0.15, 0.2) is 57.8 Å². The molecule has 6 nitrogen and oxygen atoms in total. The second-order valence-electron chi connectivity index (χ2n) is 10.4. The fourth-order valence-electron chi connectivity index (χ4n) is 5.19. The van der Waals surface area contributed by atoms with Gasteiger partial charge in [0.25, 0.3) is 5.56 Å². The molecule has 1 N–H and O–H groups in total. The number of pyridine rings is 1. The lowest BCUT2D eigenvalue weighted by molar-refractivity contribution is -0.00542. The van der Waals surface area contributed by atoms with Gasteiger partial charge in [0.2, 0.25) is 0 Å². The van der Waals surface area contributed by atoms with Crippen molar-refractivity contribution in [2.24, 2.45) is 0 Å². The van der Waals surface area contributed by atoms with Gasteiger partial charge in [-0.2, -0.15) is 0 Å². The van der Waals surface area contributed by atoms with Gasteiger partial charge in [0.05, 0.1) is 0 Å². The van der Waals surface area contributed by atoms with E-state index in [1.54, 1.807) is 0 Å². The summed E-state index contributed by atoms with van der Waals surface area (Å²) in [6, 6.07) is 16.5. The first kappa shape index (κ1) is 23.1. The van der Waals surface area contributed by atoms with Gasteiger partial charge < -0.3 is 9.72 Å². The Labute approximate surface area is 208 Å². The lowest BCUT2D eigenvalue weighted by atomic mass is 10.0. The van der Waals surface area contributed by atoms with Crippen LogP contribution in [0.5, 0.6) is 0 Å². The minimum absolute atomic E-state index is 0.0868. The summed E-state index contributed by atoms with van der Waals surface area (Å²) < 4.78 is 6.56. The average Bonchev–Trinajstić information content (AvgIpc) is 3.05. The van der Waals surface area contributed by atoms with Gasteiger partial charge in [-0.25, -0.2) is 4.79 Å². The van der Waals surface area contributed by atoms with Crippen molar-refractivity contribution in [1.29, 1.82) is 0 Å². The van der Waals surface area contributed by atoms with E-state index in [0.29, 0.717) is 5.39 Å². The molecular formula is C27H30BrN3O3. The normalized spacial score (nSPS) is 20.6. The van der Waals surface area contributed by atoms with Gasteiger partial charge in [-0.3, -0.25) is 14.6 Å². The van der Waals surface area contributed by atoms with Crippen LogP contribution >= 0.6 is 15.9 Å². The first-order valence-electron chi connectivity index (χ1n) is 11.8. The number of nitrogens with one attached hydrogen (secondary N) is 1. The lowest BCUT2D eigenvalue weighted by Crippen LogP contribution is -2.56. The molecule has 0 spiro atoms. The van der Waals surface area contributed by atoms with Gasteiger partial charge in [-0.05, 0) is 62.9 Å². The first-order valence-corrected chi connectivity index (χ1v) is 12.6. The van der Waals surface area contributed by atoms with Crippen molar-refractivity contribution in [2.75, 3.05) is 13.1 Å².